The first kappa shape index (κ1) is 13.8. The predicted octanol–water partition coefficient (Wildman–Crippen LogP) is 2.36. The number of aromatic nitrogens is 2. The third-order valence-electron chi connectivity index (χ3n) is 3.70. The lowest BCUT2D eigenvalue weighted by Gasteiger charge is -2.25. The van der Waals surface area contributed by atoms with Crippen molar-refractivity contribution < 1.29 is 4.74 Å². The van der Waals surface area contributed by atoms with Crippen molar-refractivity contribution >= 4 is 5.82 Å². The molecule has 0 saturated heterocycles. The van der Waals surface area contributed by atoms with Gasteiger partial charge in [-0.05, 0) is 38.5 Å². The van der Waals surface area contributed by atoms with E-state index in [1.807, 2.05) is 13.8 Å². The van der Waals surface area contributed by atoms with Gasteiger partial charge in [-0.25, -0.2) is 10.8 Å². The molecule has 1 aromatic heterocycles. The minimum Gasteiger partial charge on any atom is -0.477 e. The number of hydrogen-bond acceptors (Lipinski definition) is 5. The molecule has 3 N–H and O–H groups in total. The summed E-state index contributed by atoms with van der Waals surface area (Å²) in [7, 11) is 0. The maximum atomic E-state index is 5.89. The standard InChI is InChI=1S/C14H22N4O/c1-9-6-4-5-7-12(9)8-19-14-10(2)13(18-15)16-11(3)17-14/h4-5,9,12H,6-8,15H2,1-3H3,(H,16,17,18). The Labute approximate surface area is 114 Å². The summed E-state index contributed by atoms with van der Waals surface area (Å²) in [4.78, 5) is 8.57. The fourth-order valence-corrected chi connectivity index (χ4v) is 2.31. The first-order chi connectivity index (χ1) is 9.11. The second-order valence-electron chi connectivity index (χ2n) is 5.19. The Balaban J connectivity index is 2.07. The van der Waals surface area contributed by atoms with Crippen molar-refractivity contribution in [3.63, 3.8) is 0 Å². The zero-order chi connectivity index (χ0) is 13.8. The van der Waals surface area contributed by atoms with E-state index in [1.165, 1.54) is 0 Å². The van der Waals surface area contributed by atoms with E-state index in [0.29, 0.717) is 36.0 Å². The summed E-state index contributed by atoms with van der Waals surface area (Å²) >= 11 is 0. The minimum atomic E-state index is 0.550. The van der Waals surface area contributed by atoms with Gasteiger partial charge in [-0.15, -0.1) is 0 Å². The summed E-state index contributed by atoms with van der Waals surface area (Å²) in [6.45, 7) is 6.70. The number of nitrogens with two attached hydrogens (primary N) is 1. The zero-order valence-corrected chi connectivity index (χ0v) is 11.8. The molecular weight excluding hydrogens is 240 g/mol. The highest BCUT2D eigenvalue weighted by Crippen LogP contribution is 2.27. The molecule has 0 fully saturated rings. The van der Waals surface area contributed by atoms with Crippen LogP contribution in [0.25, 0.3) is 0 Å². The van der Waals surface area contributed by atoms with Crippen LogP contribution in [0.2, 0.25) is 0 Å². The van der Waals surface area contributed by atoms with E-state index in [9.17, 15) is 0 Å². The Bertz CT molecular complexity index is 473. The van der Waals surface area contributed by atoms with Crippen molar-refractivity contribution in [1.82, 2.24) is 9.97 Å². The number of hydrazine groups is 1. The van der Waals surface area contributed by atoms with Gasteiger partial charge in [0.05, 0.1) is 12.2 Å². The predicted molar refractivity (Wildman–Crippen MR) is 75.8 cm³/mol. The van der Waals surface area contributed by atoms with Crippen LogP contribution in [0.1, 0.15) is 31.2 Å². The molecule has 0 amide bonds. The van der Waals surface area contributed by atoms with Crippen molar-refractivity contribution in [2.75, 3.05) is 12.0 Å². The molecule has 5 heteroatoms. The van der Waals surface area contributed by atoms with Crippen LogP contribution in [-0.2, 0) is 0 Å². The molecule has 1 aliphatic rings. The third-order valence-corrected chi connectivity index (χ3v) is 3.70. The monoisotopic (exact) mass is 262 g/mol. The smallest absolute Gasteiger partial charge is 0.221 e. The highest BCUT2D eigenvalue weighted by Gasteiger charge is 2.20. The number of ether oxygens (including phenoxy) is 1. The lowest BCUT2D eigenvalue weighted by atomic mass is 9.85. The second kappa shape index (κ2) is 6.02. The van der Waals surface area contributed by atoms with Gasteiger partial charge in [-0.3, -0.25) is 0 Å². The SMILES string of the molecule is Cc1nc(NN)c(C)c(OCC2CC=CCC2C)n1. The summed E-state index contributed by atoms with van der Waals surface area (Å²) < 4.78 is 5.89. The summed E-state index contributed by atoms with van der Waals surface area (Å²) in [6, 6.07) is 0. The van der Waals surface area contributed by atoms with Gasteiger partial charge in [0.25, 0.3) is 0 Å². The lowest BCUT2D eigenvalue weighted by Crippen LogP contribution is -2.22. The van der Waals surface area contributed by atoms with Gasteiger partial charge >= 0.3 is 0 Å². The average Bonchev–Trinajstić information content (AvgIpc) is 2.41. The van der Waals surface area contributed by atoms with Crippen LogP contribution in [0, 0.1) is 25.7 Å². The average molecular weight is 262 g/mol. The topological polar surface area (TPSA) is 73.1 Å². The summed E-state index contributed by atoms with van der Waals surface area (Å²) in [5.41, 5.74) is 3.43. The molecule has 2 atom stereocenters. The molecule has 5 nitrogen and oxygen atoms in total. The number of allylic oxidation sites excluding steroid dienone is 2. The summed E-state index contributed by atoms with van der Waals surface area (Å²) in [5.74, 6) is 8.56. The molecule has 19 heavy (non-hydrogen) atoms. The highest BCUT2D eigenvalue weighted by atomic mass is 16.5. The number of hydrogen-bond donors (Lipinski definition) is 2. The van der Waals surface area contributed by atoms with Crippen LogP contribution in [0.15, 0.2) is 12.2 Å². The Hall–Kier alpha value is -1.62. The normalized spacial score (nSPS) is 22.3. The van der Waals surface area contributed by atoms with Gasteiger partial charge in [-0.1, -0.05) is 19.1 Å². The minimum absolute atomic E-state index is 0.550. The first-order valence-electron chi connectivity index (χ1n) is 6.71. The van der Waals surface area contributed by atoms with Crippen molar-refractivity contribution in [1.29, 1.82) is 0 Å². The zero-order valence-electron chi connectivity index (χ0n) is 11.8. The van der Waals surface area contributed by atoms with E-state index < -0.39 is 0 Å². The molecule has 0 spiro atoms. The lowest BCUT2D eigenvalue weighted by molar-refractivity contribution is 0.191. The summed E-state index contributed by atoms with van der Waals surface area (Å²) in [5, 5.41) is 0. The molecule has 2 rings (SSSR count). The van der Waals surface area contributed by atoms with Crippen LogP contribution in [0.5, 0.6) is 5.88 Å². The highest BCUT2D eigenvalue weighted by molar-refractivity contribution is 5.47. The molecular formula is C14H22N4O. The van der Waals surface area contributed by atoms with Crippen LogP contribution in [0.4, 0.5) is 5.82 Å². The van der Waals surface area contributed by atoms with E-state index in [0.717, 1.165) is 18.4 Å². The summed E-state index contributed by atoms with van der Waals surface area (Å²) in [6.07, 6.45) is 6.69. The van der Waals surface area contributed by atoms with Gasteiger partial charge in [0.1, 0.15) is 11.6 Å². The third kappa shape index (κ3) is 3.23. The number of nitrogens with zero attached hydrogens (tertiary/aromatic N) is 2. The largest absolute Gasteiger partial charge is 0.477 e. The number of rotatable bonds is 4. The van der Waals surface area contributed by atoms with E-state index >= 15 is 0 Å². The molecule has 0 bridgehead atoms. The molecule has 0 aliphatic heterocycles. The van der Waals surface area contributed by atoms with E-state index in [2.05, 4.69) is 34.5 Å². The fraction of sp³-hybridized carbons (Fsp3) is 0.571. The van der Waals surface area contributed by atoms with Crippen LogP contribution >= 0.6 is 0 Å². The van der Waals surface area contributed by atoms with Gasteiger partial charge in [0.15, 0.2) is 0 Å². The number of aryl methyl sites for hydroxylation is 1. The van der Waals surface area contributed by atoms with Crippen LogP contribution < -0.4 is 16.0 Å². The van der Waals surface area contributed by atoms with Crippen molar-refractivity contribution in [2.24, 2.45) is 17.7 Å². The maximum Gasteiger partial charge on any atom is 0.221 e. The van der Waals surface area contributed by atoms with E-state index in [-0.39, 0.29) is 0 Å². The van der Waals surface area contributed by atoms with E-state index in [1.54, 1.807) is 0 Å². The molecule has 0 saturated carbocycles. The molecule has 2 unspecified atom stereocenters. The van der Waals surface area contributed by atoms with Crippen molar-refractivity contribution in [3.8, 4) is 5.88 Å². The van der Waals surface area contributed by atoms with Gasteiger partial charge < -0.3 is 10.2 Å². The quantitative estimate of drug-likeness (QED) is 0.495. The second-order valence-corrected chi connectivity index (χ2v) is 5.19. The fourth-order valence-electron chi connectivity index (χ4n) is 2.31. The molecule has 1 aliphatic carbocycles. The van der Waals surface area contributed by atoms with Crippen LogP contribution in [-0.4, -0.2) is 16.6 Å². The number of anilines is 1. The van der Waals surface area contributed by atoms with Crippen LogP contribution in [0.3, 0.4) is 0 Å². The molecule has 0 aromatic carbocycles. The van der Waals surface area contributed by atoms with Gasteiger partial charge in [0, 0.05) is 0 Å². The Morgan fingerprint density at radius 3 is 2.74 bits per heavy atom. The van der Waals surface area contributed by atoms with Crippen molar-refractivity contribution in [3.05, 3.63) is 23.5 Å². The number of nitrogen functional groups attached to an aromatic ring is 1. The Morgan fingerprint density at radius 1 is 1.32 bits per heavy atom. The Kier molecular flexibility index (Phi) is 4.37. The van der Waals surface area contributed by atoms with E-state index in [4.69, 9.17) is 10.6 Å². The van der Waals surface area contributed by atoms with Gasteiger partial charge in [-0.2, -0.15) is 4.98 Å². The first-order valence-corrected chi connectivity index (χ1v) is 6.71. The molecule has 0 radical (unpaired) electrons. The van der Waals surface area contributed by atoms with Crippen molar-refractivity contribution in [2.45, 2.75) is 33.6 Å². The molecule has 1 heterocycles. The molecule has 104 valence electrons. The Morgan fingerprint density at radius 2 is 2.05 bits per heavy atom. The maximum absolute atomic E-state index is 5.89. The molecule has 1 aromatic rings. The van der Waals surface area contributed by atoms with Gasteiger partial charge in [0.2, 0.25) is 5.88 Å². The number of nitrogens with one attached hydrogen (secondary N) is 1.